The number of aromatic nitrogens is 3. The summed E-state index contributed by atoms with van der Waals surface area (Å²) >= 11 is 0. The van der Waals surface area contributed by atoms with Crippen LogP contribution >= 0.6 is 0 Å². The normalized spacial score (nSPS) is 11.7. The molecule has 8 heteroatoms. The van der Waals surface area contributed by atoms with Crippen molar-refractivity contribution in [2.24, 2.45) is 5.73 Å². The number of hydrogen-bond donors (Lipinski definition) is 1. The summed E-state index contributed by atoms with van der Waals surface area (Å²) in [4.78, 5) is 10.7. The Morgan fingerprint density at radius 2 is 2.13 bits per heavy atom. The van der Waals surface area contributed by atoms with Gasteiger partial charge in [0, 0.05) is 6.54 Å². The number of nitrogens with two attached hydrogens (primary N) is 1. The number of carbonyl (C=O) groups excluding carboxylic acids is 1. The first-order valence-corrected chi connectivity index (χ1v) is 4.18. The Kier molecular flexibility index (Phi) is 2.96. The Bertz CT molecular complexity index is 371. The van der Waals surface area contributed by atoms with Gasteiger partial charge in [-0.25, -0.2) is 4.68 Å². The molecular formula is C7H9F3N4O. The van der Waals surface area contributed by atoms with Crippen LogP contribution < -0.4 is 5.73 Å². The average Bonchev–Trinajstić information content (AvgIpc) is 2.47. The number of aryl methyl sites for hydroxylation is 1. The van der Waals surface area contributed by atoms with Crippen molar-refractivity contribution in [2.45, 2.75) is 26.1 Å². The van der Waals surface area contributed by atoms with Gasteiger partial charge in [0.25, 0.3) is 5.91 Å². The summed E-state index contributed by atoms with van der Waals surface area (Å²) in [5.41, 5.74) is 2.75. The maximum Gasteiger partial charge on any atom is 0.435 e. The van der Waals surface area contributed by atoms with Gasteiger partial charge in [0.2, 0.25) is 0 Å². The predicted molar refractivity (Wildman–Crippen MR) is 43.8 cm³/mol. The highest BCUT2D eigenvalue weighted by molar-refractivity contribution is 5.91. The molecule has 0 aliphatic rings. The largest absolute Gasteiger partial charge is 0.435 e. The zero-order chi connectivity index (χ0) is 11.6. The van der Waals surface area contributed by atoms with Crippen molar-refractivity contribution in [3.8, 4) is 0 Å². The van der Waals surface area contributed by atoms with E-state index in [4.69, 9.17) is 5.73 Å². The van der Waals surface area contributed by atoms with E-state index >= 15 is 0 Å². The molecule has 0 spiro atoms. The maximum absolute atomic E-state index is 12.5. The quantitative estimate of drug-likeness (QED) is 0.822. The van der Waals surface area contributed by atoms with E-state index in [2.05, 4.69) is 10.3 Å². The lowest BCUT2D eigenvalue weighted by Crippen LogP contribution is -2.21. The average molecular weight is 222 g/mol. The molecular weight excluding hydrogens is 213 g/mol. The summed E-state index contributed by atoms with van der Waals surface area (Å²) in [5, 5.41) is 6.36. The lowest BCUT2D eigenvalue weighted by Gasteiger charge is -2.08. The standard InChI is InChI=1S/C7H9F3N4O/c1-2-3-14-5(7(8,9)10)4(6(11)15)12-13-14/h2-3H2,1H3,(H2,11,15). The molecule has 2 N–H and O–H groups in total. The first-order chi connectivity index (χ1) is 6.88. The number of primary amides is 1. The fourth-order valence-electron chi connectivity index (χ4n) is 1.13. The van der Waals surface area contributed by atoms with Gasteiger partial charge in [-0.05, 0) is 6.42 Å². The Balaban J connectivity index is 3.27. The lowest BCUT2D eigenvalue weighted by molar-refractivity contribution is -0.144. The minimum absolute atomic E-state index is 0.0368. The highest BCUT2D eigenvalue weighted by atomic mass is 19.4. The van der Waals surface area contributed by atoms with Gasteiger partial charge < -0.3 is 5.73 Å². The van der Waals surface area contributed by atoms with Crippen LogP contribution in [-0.2, 0) is 12.7 Å². The third kappa shape index (κ3) is 2.25. The molecule has 0 atom stereocenters. The fourth-order valence-corrected chi connectivity index (χ4v) is 1.13. The summed E-state index contributed by atoms with van der Waals surface area (Å²) in [6.07, 6.45) is -4.23. The number of hydrogen-bond acceptors (Lipinski definition) is 3. The van der Waals surface area contributed by atoms with Gasteiger partial charge in [-0.1, -0.05) is 12.1 Å². The van der Waals surface area contributed by atoms with Gasteiger partial charge in [0.15, 0.2) is 11.4 Å². The smallest absolute Gasteiger partial charge is 0.364 e. The molecule has 0 saturated heterocycles. The van der Waals surface area contributed by atoms with Gasteiger partial charge in [-0.15, -0.1) is 5.10 Å². The molecule has 0 aromatic carbocycles. The van der Waals surface area contributed by atoms with Crippen molar-refractivity contribution in [1.29, 1.82) is 0 Å². The summed E-state index contributed by atoms with van der Waals surface area (Å²) < 4.78 is 38.2. The predicted octanol–water partition coefficient (Wildman–Crippen LogP) is 0.806. The van der Waals surface area contributed by atoms with Crippen molar-refractivity contribution in [3.05, 3.63) is 11.4 Å². The number of amides is 1. The molecule has 5 nitrogen and oxygen atoms in total. The summed E-state index contributed by atoms with van der Waals surface area (Å²) in [5.74, 6) is -1.23. The zero-order valence-electron chi connectivity index (χ0n) is 7.88. The summed E-state index contributed by atoms with van der Waals surface area (Å²) in [6.45, 7) is 1.72. The van der Waals surface area contributed by atoms with Crippen molar-refractivity contribution in [1.82, 2.24) is 15.0 Å². The SMILES string of the molecule is CCCn1nnc(C(N)=O)c1C(F)(F)F. The minimum atomic E-state index is -4.68. The molecule has 0 fully saturated rings. The second-order valence-electron chi connectivity index (χ2n) is 2.87. The first-order valence-electron chi connectivity index (χ1n) is 4.18. The van der Waals surface area contributed by atoms with E-state index in [0.717, 1.165) is 0 Å². The molecule has 0 aliphatic carbocycles. The highest BCUT2D eigenvalue weighted by Crippen LogP contribution is 2.30. The highest BCUT2D eigenvalue weighted by Gasteiger charge is 2.40. The van der Waals surface area contributed by atoms with Gasteiger partial charge in [-0.2, -0.15) is 13.2 Å². The van der Waals surface area contributed by atoms with Crippen LogP contribution in [-0.4, -0.2) is 20.9 Å². The van der Waals surface area contributed by atoms with E-state index < -0.39 is 23.5 Å². The van der Waals surface area contributed by atoms with Crippen molar-refractivity contribution in [2.75, 3.05) is 0 Å². The molecule has 15 heavy (non-hydrogen) atoms. The van der Waals surface area contributed by atoms with Crippen LogP contribution in [0, 0.1) is 0 Å². The number of alkyl halides is 3. The van der Waals surface area contributed by atoms with E-state index in [1.54, 1.807) is 6.92 Å². The Morgan fingerprint density at radius 1 is 1.53 bits per heavy atom. The molecule has 0 radical (unpaired) electrons. The molecule has 1 amide bonds. The summed E-state index contributed by atoms with van der Waals surface area (Å²) in [7, 11) is 0. The Labute approximate surface area is 83.0 Å². The molecule has 1 heterocycles. The molecule has 0 saturated carbocycles. The van der Waals surface area contributed by atoms with Gasteiger partial charge in [0.1, 0.15) is 0 Å². The third-order valence-electron chi connectivity index (χ3n) is 1.67. The maximum atomic E-state index is 12.5. The zero-order valence-corrected chi connectivity index (χ0v) is 7.88. The van der Waals surface area contributed by atoms with Gasteiger partial charge in [0.05, 0.1) is 0 Å². The van der Waals surface area contributed by atoms with Crippen molar-refractivity contribution < 1.29 is 18.0 Å². The van der Waals surface area contributed by atoms with Crippen LogP contribution in [0.4, 0.5) is 13.2 Å². The minimum Gasteiger partial charge on any atom is -0.364 e. The van der Waals surface area contributed by atoms with E-state index in [1.165, 1.54) is 0 Å². The van der Waals surface area contributed by atoms with E-state index in [1.807, 2.05) is 0 Å². The van der Waals surface area contributed by atoms with Crippen LogP contribution in [0.25, 0.3) is 0 Å². The van der Waals surface area contributed by atoms with Crippen LogP contribution in [0.3, 0.4) is 0 Å². The Hall–Kier alpha value is -1.60. The second-order valence-corrected chi connectivity index (χ2v) is 2.87. The molecule has 0 bridgehead atoms. The van der Waals surface area contributed by atoms with Crippen LogP contribution in [0.5, 0.6) is 0 Å². The van der Waals surface area contributed by atoms with Crippen LogP contribution in [0.1, 0.15) is 29.5 Å². The Morgan fingerprint density at radius 3 is 2.53 bits per heavy atom. The van der Waals surface area contributed by atoms with Crippen molar-refractivity contribution in [3.63, 3.8) is 0 Å². The van der Waals surface area contributed by atoms with Crippen molar-refractivity contribution >= 4 is 5.91 Å². The van der Waals surface area contributed by atoms with E-state index in [0.29, 0.717) is 11.1 Å². The fraction of sp³-hybridized carbons (Fsp3) is 0.571. The molecule has 1 aromatic rings. The van der Waals surface area contributed by atoms with Crippen LogP contribution in [0.15, 0.2) is 0 Å². The number of carbonyl (C=O) groups is 1. The molecule has 0 unspecified atom stereocenters. The lowest BCUT2D eigenvalue weighted by atomic mass is 10.3. The monoisotopic (exact) mass is 222 g/mol. The van der Waals surface area contributed by atoms with E-state index in [9.17, 15) is 18.0 Å². The van der Waals surface area contributed by atoms with Gasteiger partial charge >= 0.3 is 6.18 Å². The molecule has 1 aromatic heterocycles. The first kappa shape index (κ1) is 11.5. The molecule has 84 valence electrons. The molecule has 1 rings (SSSR count). The second kappa shape index (κ2) is 3.87. The van der Waals surface area contributed by atoms with E-state index in [-0.39, 0.29) is 6.54 Å². The third-order valence-corrected chi connectivity index (χ3v) is 1.67. The topological polar surface area (TPSA) is 73.8 Å². The number of rotatable bonds is 3. The van der Waals surface area contributed by atoms with Gasteiger partial charge in [-0.3, -0.25) is 4.79 Å². The summed E-state index contributed by atoms with van der Waals surface area (Å²) in [6, 6.07) is 0. The molecule has 0 aliphatic heterocycles. The number of nitrogens with zero attached hydrogens (tertiary/aromatic N) is 3. The van der Waals surface area contributed by atoms with Crippen LogP contribution in [0.2, 0.25) is 0 Å². The number of halogens is 3.